The van der Waals surface area contributed by atoms with Crippen molar-refractivity contribution in [3.05, 3.63) is 23.2 Å². The summed E-state index contributed by atoms with van der Waals surface area (Å²) >= 11 is 5.74. The van der Waals surface area contributed by atoms with Crippen LogP contribution in [-0.4, -0.2) is 4.37 Å². The number of halogens is 2. The van der Waals surface area contributed by atoms with Crippen LogP contribution < -0.4 is 12.4 Å². The lowest BCUT2D eigenvalue weighted by Gasteiger charge is -1.81. The summed E-state index contributed by atoms with van der Waals surface area (Å²) in [7, 11) is 3.16. The second-order valence-electron chi connectivity index (χ2n) is 1.86. The molecule has 0 N–H and O–H groups in total. The third-order valence-corrected chi connectivity index (χ3v) is 3.28. The zero-order valence-corrected chi connectivity index (χ0v) is 8.40. The molecule has 0 unspecified atom stereocenters. The molecule has 0 aliphatic heterocycles. The first-order chi connectivity index (χ1) is 4.86. The Labute approximate surface area is 82.6 Å². The van der Waals surface area contributed by atoms with E-state index in [1.54, 1.807) is 10.3 Å². The highest BCUT2D eigenvalue weighted by atomic mass is 35.5. The minimum atomic E-state index is 0. The molecular weight excluding hydrogens is 221 g/mol. The third-order valence-electron chi connectivity index (χ3n) is 1.18. The predicted molar refractivity (Wildman–Crippen MR) is 46.9 cm³/mol. The summed E-state index contributed by atoms with van der Waals surface area (Å²) in [6.45, 7) is 0. The second kappa shape index (κ2) is 3.63. The number of hydrogen-bond donors (Lipinski definition) is 0. The van der Waals surface area contributed by atoms with E-state index < -0.39 is 0 Å². The van der Waals surface area contributed by atoms with E-state index in [2.05, 4.69) is 4.37 Å². The van der Waals surface area contributed by atoms with Crippen molar-refractivity contribution in [3.8, 4) is 0 Å². The van der Waals surface area contributed by atoms with E-state index in [0.717, 1.165) is 10.5 Å². The molecule has 0 bridgehead atoms. The van der Waals surface area contributed by atoms with Gasteiger partial charge in [0.25, 0.3) is 15.2 Å². The fourth-order valence-electron chi connectivity index (χ4n) is 0.731. The van der Waals surface area contributed by atoms with Crippen LogP contribution >= 0.6 is 32.5 Å². The standard InChI is InChI=1S/C6H3ClNS2.ClH/c7-4-1-2-6-5(3-4)8-10-9-6;/h1-3H;1H/q+1;/p-1. The van der Waals surface area contributed by atoms with E-state index in [4.69, 9.17) is 11.6 Å². The van der Waals surface area contributed by atoms with E-state index in [0.29, 0.717) is 0 Å². The van der Waals surface area contributed by atoms with Crippen LogP contribution in [0.25, 0.3) is 10.2 Å². The Kier molecular flexibility index (Phi) is 3.01. The molecule has 5 heteroatoms. The van der Waals surface area contributed by atoms with Crippen LogP contribution in [-0.2, 0) is 0 Å². The van der Waals surface area contributed by atoms with Crippen molar-refractivity contribution in [2.24, 2.45) is 0 Å². The van der Waals surface area contributed by atoms with Crippen LogP contribution in [0.2, 0.25) is 5.02 Å². The summed E-state index contributed by atoms with van der Waals surface area (Å²) in [6, 6.07) is 5.75. The second-order valence-corrected chi connectivity index (χ2v) is 4.18. The Bertz CT molecular complexity index is 360. The molecule has 0 radical (unpaired) electrons. The highest BCUT2D eigenvalue weighted by molar-refractivity contribution is 7.69. The Balaban J connectivity index is 0.000000605. The van der Waals surface area contributed by atoms with Crippen LogP contribution in [0, 0.1) is 0 Å². The molecule has 58 valence electrons. The molecule has 2 aromatic rings. The van der Waals surface area contributed by atoms with Gasteiger partial charge in [0, 0.05) is 11.1 Å². The van der Waals surface area contributed by atoms with Crippen molar-refractivity contribution in [1.82, 2.24) is 4.37 Å². The normalized spacial score (nSPS) is 9.55. The highest BCUT2D eigenvalue weighted by Gasteiger charge is 2.07. The van der Waals surface area contributed by atoms with E-state index in [-0.39, 0.29) is 12.4 Å². The van der Waals surface area contributed by atoms with E-state index in [9.17, 15) is 0 Å². The molecule has 0 aliphatic rings. The Morgan fingerprint density at radius 2 is 2.27 bits per heavy atom. The minimum Gasteiger partial charge on any atom is -1.00 e. The van der Waals surface area contributed by atoms with Crippen molar-refractivity contribution in [3.63, 3.8) is 0 Å². The maximum atomic E-state index is 5.74. The zero-order valence-electron chi connectivity index (χ0n) is 5.25. The zero-order chi connectivity index (χ0) is 6.97. The summed E-state index contributed by atoms with van der Waals surface area (Å²) in [5.74, 6) is 0. The summed E-state index contributed by atoms with van der Waals surface area (Å²) in [4.78, 5) is 0. The lowest BCUT2D eigenvalue weighted by molar-refractivity contribution is -0.00000178. The van der Waals surface area contributed by atoms with Crippen LogP contribution in [0.3, 0.4) is 0 Å². The van der Waals surface area contributed by atoms with Gasteiger partial charge in [0.1, 0.15) is 5.52 Å². The molecule has 2 rings (SSSR count). The summed E-state index contributed by atoms with van der Waals surface area (Å²) < 4.78 is 5.36. The average molecular weight is 224 g/mol. The number of hydrogen-bond acceptors (Lipinski definition) is 2. The minimum absolute atomic E-state index is 0. The molecule has 0 fully saturated rings. The molecule has 1 aromatic heterocycles. The summed E-state index contributed by atoms with van der Waals surface area (Å²) in [5, 5.41) is 0.755. The number of rotatable bonds is 0. The first-order valence-corrected chi connectivity index (χ1v) is 5.19. The molecule has 0 saturated carbocycles. The van der Waals surface area contributed by atoms with Crippen molar-refractivity contribution in [2.45, 2.75) is 0 Å². The molecule has 1 aromatic carbocycles. The fraction of sp³-hybridized carbons (Fsp3) is 0. The number of benzene rings is 1. The summed E-state index contributed by atoms with van der Waals surface area (Å²) in [6.07, 6.45) is 0. The average Bonchev–Trinajstić information content (AvgIpc) is 2.33. The van der Waals surface area contributed by atoms with Crippen LogP contribution in [0.1, 0.15) is 0 Å². The van der Waals surface area contributed by atoms with Gasteiger partial charge >= 0.3 is 10.3 Å². The smallest absolute Gasteiger partial charge is 0.323 e. The molecular formula is C6H3Cl2NS2. The SMILES string of the molecule is Clc1ccc2[s+]snc2c1.[Cl-]. The van der Waals surface area contributed by atoms with Gasteiger partial charge < -0.3 is 12.4 Å². The molecule has 0 spiro atoms. The first-order valence-electron chi connectivity index (χ1n) is 2.70. The van der Waals surface area contributed by atoms with Gasteiger partial charge in [-0.25, -0.2) is 0 Å². The molecule has 1 heterocycles. The first kappa shape index (κ1) is 9.13. The molecule has 1 nitrogen and oxygen atoms in total. The van der Waals surface area contributed by atoms with Gasteiger partial charge in [-0.2, -0.15) is 0 Å². The van der Waals surface area contributed by atoms with Gasteiger partial charge in [0.2, 0.25) is 0 Å². The largest absolute Gasteiger partial charge is 1.00 e. The Morgan fingerprint density at radius 1 is 1.45 bits per heavy atom. The third kappa shape index (κ3) is 1.79. The van der Waals surface area contributed by atoms with Crippen molar-refractivity contribution in [1.29, 1.82) is 0 Å². The van der Waals surface area contributed by atoms with Gasteiger partial charge in [-0.1, -0.05) is 11.6 Å². The number of fused-ring (bicyclic) bond motifs is 1. The van der Waals surface area contributed by atoms with Crippen molar-refractivity contribution in [2.75, 3.05) is 0 Å². The molecule has 0 saturated heterocycles. The molecule has 0 aliphatic carbocycles. The quantitative estimate of drug-likeness (QED) is 0.463. The van der Waals surface area contributed by atoms with Crippen LogP contribution in [0.4, 0.5) is 0 Å². The fourth-order valence-corrected chi connectivity index (χ4v) is 2.63. The van der Waals surface area contributed by atoms with Gasteiger partial charge in [-0.15, -0.1) is 4.37 Å². The van der Waals surface area contributed by atoms with Crippen LogP contribution in [0.15, 0.2) is 18.2 Å². The lowest BCUT2D eigenvalue weighted by Crippen LogP contribution is -3.00. The topological polar surface area (TPSA) is 12.9 Å². The maximum Gasteiger partial charge on any atom is 0.323 e. The maximum absolute atomic E-state index is 5.74. The molecule has 0 atom stereocenters. The van der Waals surface area contributed by atoms with Gasteiger partial charge in [0.15, 0.2) is 0 Å². The lowest BCUT2D eigenvalue weighted by atomic mass is 10.3. The predicted octanol–water partition coefficient (Wildman–Crippen LogP) is 0.296. The van der Waals surface area contributed by atoms with Gasteiger partial charge in [-0.3, -0.25) is 0 Å². The van der Waals surface area contributed by atoms with E-state index >= 15 is 0 Å². The molecule has 0 amide bonds. The highest BCUT2D eigenvalue weighted by Crippen LogP contribution is 2.24. The van der Waals surface area contributed by atoms with Gasteiger partial charge in [0.05, 0.1) is 0 Å². The van der Waals surface area contributed by atoms with E-state index in [1.165, 1.54) is 15.2 Å². The van der Waals surface area contributed by atoms with Crippen molar-refractivity contribution >= 4 is 42.7 Å². The van der Waals surface area contributed by atoms with Crippen molar-refractivity contribution < 1.29 is 12.4 Å². The Morgan fingerprint density at radius 3 is 3.09 bits per heavy atom. The number of nitrogens with zero attached hydrogens (tertiary/aromatic N) is 1. The van der Waals surface area contributed by atoms with E-state index in [1.807, 2.05) is 18.2 Å². The number of aromatic nitrogens is 1. The molecule has 11 heavy (non-hydrogen) atoms. The van der Waals surface area contributed by atoms with Gasteiger partial charge in [-0.05, 0) is 12.1 Å². The monoisotopic (exact) mass is 223 g/mol. The summed E-state index contributed by atoms with van der Waals surface area (Å²) in [5.41, 5.74) is 1.00. The Hall–Kier alpha value is 0.0400. The van der Waals surface area contributed by atoms with Crippen LogP contribution in [0.5, 0.6) is 0 Å².